The molecule has 3 aromatic rings. The zero-order chi connectivity index (χ0) is 27.5. The van der Waals surface area contributed by atoms with Gasteiger partial charge in [0.15, 0.2) is 6.10 Å². The highest BCUT2D eigenvalue weighted by Gasteiger charge is 2.54. The van der Waals surface area contributed by atoms with Crippen molar-refractivity contribution in [3.8, 4) is 0 Å². The molecule has 39 heavy (non-hydrogen) atoms. The Bertz CT molecular complexity index is 1420. The van der Waals surface area contributed by atoms with Crippen LogP contribution in [0.4, 0.5) is 26.3 Å². The van der Waals surface area contributed by atoms with Crippen LogP contribution >= 0.6 is 11.3 Å². The zero-order valence-corrected chi connectivity index (χ0v) is 21.0. The molecule has 0 radical (unpaired) electrons. The van der Waals surface area contributed by atoms with Gasteiger partial charge in [0.2, 0.25) is 5.91 Å². The Morgan fingerprint density at radius 1 is 1.13 bits per heavy atom. The number of hydrogen-bond donors (Lipinski definition) is 0. The molecule has 1 atom stereocenters. The summed E-state index contributed by atoms with van der Waals surface area (Å²) < 4.78 is 81.0. The molecule has 1 amide bonds. The van der Waals surface area contributed by atoms with Gasteiger partial charge in [0, 0.05) is 36.2 Å². The molecule has 206 valence electrons. The summed E-state index contributed by atoms with van der Waals surface area (Å²) in [5.41, 5.74) is -0.636. The molecule has 2 fully saturated rings. The van der Waals surface area contributed by atoms with Gasteiger partial charge in [-0.2, -0.15) is 5.10 Å². The van der Waals surface area contributed by atoms with E-state index < -0.39 is 54.4 Å². The number of hydrogen-bond acceptors (Lipinski definition) is 6. The molecular formula is C25H21F6N5O2S. The van der Waals surface area contributed by atoms with Crippen molar-refractivity contribution in [2.75, 3.05) is 13.1 Å². The second-order valence-corrected chi connectivity index (χ2v) is 11.0. The number of nitrogens with zero attached hydrogens (tertiary/aromatic N) is 5. The Balaban J connectivity index is 1.02. The second-order valence-electron chi connectivity index (χ2n) is 10.2. The third-order valence-corrected chi connectivity index (χ3v) is 8.49. The van der Waals surface area contributed by atoms with E-state index in [0.717, 1.165) is 17.8 Å². The third-order valence-electron chi connectivity index (χ3n) is 7.48. The normalized spacial score (nSPS) is 20.4. The quantitative estimate of drug-likeness (QED) is 0.339. The van der Waals surface area contributed by atoms with Crippen LogP contribution in [-0.2, 0) is 16.2 Å². The van der Waals surface area contributed by atoms with Gasteiger partial charge in [-0.3, -0.25) is 9.48 Å². The van der Waals surface area contributed by atoms with Gasteiger partial charge < -0.3 is 9.74 Å². The number of carbonyl (C=O) groups excluding carboxylic acids is 1. The summed E-state index contributed by atoms with van der Waals surface area (Å²) in [5.74, 6) is -1.67. The maximum absolute atomic E-state index is 14.1. The fourth-order valence-corrected chi connectivity index (χ4v) is 6.49. The number of aromatic nitrogens is 3. The van der Waals surface area contributed by atoms with E-state index in [9.17, 15) is 31.1 Å². The van der Waals surface area contributed by atoms with Crippen molar-refractivity contribution in [3.05, 3.63) is 68.9 Å². The molecule has 7 nitrogen and oxygen atoms in total. The lowest BCUT2D eigenvalue weighted by atomic mass is 9.58. The van der Waals surface area contributed by atoms with Crippen molar-refractivity contribution in [2.45, 2.75) is 50.7 Å². The maximum Gasteiger partial charge on any atom is 0.282 e. The fraction of sp³-hybridized carbons (Fsp3) is 0.440. The Morgan fingerprint density at radius 2 is 1.85 bits per heavy atom. The number of thiazole rings is 1. The monoisotopic (exact) mass is 569 g/mol. The first-order valence-corrected chi connectivity index (χ1v) is 13.0. The van der Waals surface area contributed by atoms with Crippen LogP contribution in [0.2, 0.25) is 0 Å². The Labute approximate surface area is 222 Å². The highest BCUT2D eigenvalue weighted by atomic mass is 32.1. The average molecular weight is 570 g/mol. The molecule has 0 bridgehead atoms. The molecule has 1 spiro atoms. The molecule has 4 heterocycles. The highest BCUT2D eigenvalue weighted by Crippen LogP contribution is 2.56. The van der Waals surface area contributed by atoms with Crippen molar-refractivity contribution >= 4 is 23.0 Å². The summed E-state index contributed by atoms with van der Waals surface area (Å²) in [6, 6.07) is 4.25. The van der Waals surface area contributed by atoms with Crippen LogP contribution in [0.1, 0.15) is 71.8 Å². The lowest BCUT2D eigenvalue weighted by Gasteiger charge is -2.58. The zero-order valence-electron chi connectivity index (χ0n) is 20.2. The van der Waals surface area contributed by atoms with Crippen molar-refractivity contribution in [2.24, 2.45) is 10.6 Å². The molecule has 1 saturated carbocycles. The van der Waals surface area contributed by atoms with Gasteiger partial charge in [-0.05, 0) is 31.0 Å². The van der Waals surface area contributed by atoms with Crippen LogP contribution < -0.4 is 0 Å². The van der Waals surface area contributed by atoms with Gasteiger partial charge in [-0.25, -0.2) is 31.3 Å². The lowest BCUT2D eigenvalue weighted by Crippen LogP contribution is -2.63. The van der Waals surface area contributed by atoms with E-state index in [0.29, 0.717) is 35.2 Å². The molecule has 6 rings (SSSR count). The summed E-state index contributed by atoms with van der Waals surface area (Å²) in [5, 5.41) is 10.2. The fourth-order valence-electron chi connectivity index (χ4n) is 5.56. The number of halogens is 6. The molecule has 1 saturated heterocycles. The molecule has 2 aliphatic heterocycles. The Hall–Kier alpha value is -3.42. The van der Waals surface area contributed by atoms with E-state index in [2.05, 4.69) is 15.2 Å². The second kappa shape index (κ2) is 9.65. The molecule has 0 N–H and O–H groups in total. The molecule has 3 aliphatic rings. The predicted molar refractivity (Wildman–Crippen MR) is 127 cm³/mol. The maximum atomic E-state index is 14.1. The minimum atomic E-state index is -3.02. The molecule has 1 aromatic carbocycles. The molecular weight excluding hydrogens is 548 g/mol. The summed E-state index contributed by atoms with van der Waals surface area (Å²) >= 11 is 1.46. The number of likely N-dealkylation sites (tertiary alicyclic amines) is 1. The van der Waals surface area contributed by atoms with Crippen molar-refractivity contribution in [1.82, 2.24) is 19.7 Å². The van der Waals surface area contributed by atoms with Gasteiger partial charge in [0.1, 0.15) is 35.3 Å². The third kappa shape index (κ3) is 4.68. The summed E-state index contributed by atoms with van der Waals surface area (Å²) in [7, 11) is 0. The number of oxime groups is 1. The number of rotatable bonds is 7. The Morgan fingerprint density at radius 3 is 2.51 bits per heavy atom. The predicted octanol–water partition coefficient (Wildman–Crippen LogP) is 5.76. The van der Waals surface area contributed by atoms with Crippen LogP contribution in [0.3, 0.4) is 0 Å². The van der Waals surface area contributed by atoms with Crippen molar-refractivity contribution in [1.29, 1.82) is 0 Å². The van der Waals surface area contributed by atoms with Gasteiger partial charge in [0.05, 0.1) is 16.3 Å². The van der Waals surface area contributed by atoms with Gasteiger partial charge >= 0.3 is 0 Å². The van der Waals surface area contributed by atoms with Crippen LogP contribution in [0.5, 0.6) is 0 Å². The van der Waals surface area contributed by atoms with Gasteiger partial charge in [0.25, 0.3) is 12.9 Å². The summed E-state index contributed by atoms with van der Waals surface area (Å²) in [4.78, 5) is 24.1. The molecule has 1 unspecified atom stereocenters. The van der Waals surface area contributed by atoms with Gasteiger partial charge in [-0.15, -0.1) is 11.3 Å². The van der Waals surface area contributed by atoms with E-state index in [1.165, 1.54) is 34.4 Å². The average Bonchev–Trinajstić information content (AvgIpc) is 3.57. The topological polar surface area (TPSA) is 72.6 Å². The smallest absolute Gasteiger partial charge is 0.282 e. The minimum Gasteiger partial charge on any atom is -0.387 e. The number of amides is 1. The summed E-state index contributed by atoms with van der Waals surface area (Å²) in [6.45, 7) is 0.373. The number of benzene rings is 1. The SMILES string of the molecule is O=C(Cn1nc(C(F)F)cc1C(F)F)N1CC2(CC(c3nc(C4=NOC(c5c(F)cccc5F)C4)cs3)C2)C1. The summed E-state index contributed by atoms with van der Waals surface area (Å²) in [6.07, 6.45) is -5.13. The van der Waals surface area contributed by atoms with Crippen LogP contribution in [0.25, 0.3) is 0 Å². The van der Waals surface area contributed by atoms with Crippen LogP contribution in [-0.4, -0.2) is 44.4 Å². The van der Waals surface area contributed by atoms with Crippen LogP contribution in [0, 0.1) is 17.0 Å². The first-order chi connectivity index (χ1) is 18.6. The molecule has 14 heteroatoms. The van der Waals surface area contributed by atoms with E-state index in [1.807, 2.05) is 5.38 Å². The van der Waals surface area contributed by atoms with E-state index >= 15 is 0 Å². The molecule has 1 aliphatic carbocycles. The lowest BCUT2D eigenvalue weighted by molar-refractivity contribution is -0.152. The number of alkyl halides is 4. The highest BCUT2D eigenvalue weighted by molar-refractivity contribution is 7.10. The minimum absolute atomic E-state index is 0.0859. The number of carbonyl (C=O) groups is 1. The van der Waals surface area contributed by atoms with E-state index in [1.54, 1.807) is 0 Å². The van der Waals surface area contributed by atoms with Crippen LogP contribution in [0.15, 0.2) is 34.8 Å². The van der Waals surface area contributed by atoms with Gasteiger partial charge in [-0.1, -0.05) is 11.2 Å². The standard InChI is InChI=1S/C25H21F6N5O2S/c26-13-2-1-3-14(27)21(13)19-5-15(34-38-19)17-9-39-24(32-17)12-6-25(7-12)10-35(11-25)20(37)8-36-18(23(30)31)4-16(33-36)22(28)29/h1-4,9,12,19,22-23H,5-8,10-11H2. The molecule has 2 aromatic heterocycles. The van der Waals surface area contributed by atoms with Crippen molar-refractivity contribution < 1.29 is 36.0 Å². The first kappa shape index (κ1) is 25.8. The largest absolute Gasteiger partial charge is 0.387 e. The van der Waals surface area contributed by atoms with E-state index in [4.69, 9.17) is 4.84 Å². The Kier molecular flexibility index (Phi) is 6.39. The van der Waals surface area contributed by atoms with Crippen molar-refractivity contribution in [3.63, 3.8) is 0 Å². The van der Waals surface area contributed by atoms with E-state index in [-0.39, 0.29) is 23.3 Å². The first-order valence-electron chi connectivity index (χ1n) is 12.2.